The zero-order valence-electron chi connectivity index (χ0n) is 14.7. The fourth-order valence-electron chi connectivity index (χ4n) is 3.21. The Bertz CT molecular complexity index is 637. The van der Waals surface area contributed by atoms with E-state index in [1.807, 2.05) is 23.1 Å². The monoisotopic (exact) mass is 342 g/mol. The summed E-state index contributed by atoms with van der Waals surface area (Å²) in [5.41, 5.74) is 1.28. The third-order valence-corrected chi connectivity index (χ3v) is 4.67. The SMILES string of the molecule is CN(CCNC(=O)N1CCC(c2ncn[nH]2)CC1)Cc1ccccc1. The van der Waals surface area contributed by atoms with Crippen LogP contribution >= 0.6 is 0 Å². The first-order valence-corrected chi connectivity index (χ1v) is 8.83. The van der Waals surface area contributed by atoms with Gasteiger partial charge in [-0.15, -0.1) is 0 Å². The van der Waals surface area contributed by atoms with E-state index in [0.29, 0.717) is 12.5 Å². The number of benzene rings is 1. The Morgan fingerprint density at radius 2 is 2.08 bits per heavy atom. The normalized spacial score (nSPS) is 15.5. The Morgan fingerprint density at radius 1 is 1.32 bits per heavy atom. The molecule has 0 radical (unpaired) electrons. The fraction of sp³-hybridized carbons (Fsp3) is 0.500. The molecule has 2 aromatic rings. The molecule has 1 aromatic heterocycles. The molecule has 0 atom stereocenters. The van der Waals surface area contributed by atoms with Gasteiger partial charge >= 0.3 is 6.03 Å². The zero-order chi connectivity index (χ0) is 17.5. The van der Waals surface area contributed by atoms with Crippen LogP contribution in [-0.2, 0) is 6.54 Å². The first kappa shape index (κ1) is 17.4. The maximum Gasteiger partial charge on any atom is 0.317 e. The number of aromatic amines is 1. The maximum absolute atomic E-state index is 12.3. The van der Waals surface area contributed by atoms with E-state index in [9.17, 15) is 4.79 Å². The van der Waals surface area contributed by atoms with Crippen molar-refractivity contribution >= 4 is 6.03 Å². The molecule has 1 aliphatic heterocycles. The van der Waals surface area contributed by atoms with E-state index in [1.54, 1.807) is 6.33 Å². The molecule has 1 aromatic carbocycles. The van der Waals surface area contributed by atoms with Gasteiger partial charge in [-0.05, 0) is 25.5 Å². The zero-order valence-corrected chi connectivity index (χ0v) is 14.7. The fourth-order valence-corrected chi connectivity index (χ4v) is 3.21. The smallest absolute Gasteiger partial charge is 0.317 e. The van der Waals surface area contributed by atoms with Gasteiger partial charge in [0.2, 0.25) is 0 Å². The number of nitrogens with zero attached hydrogens (tertiary/aromatic N) is 4. The molecule has 1 fully saturated rings. The largest absolute Gasteiger partial charge is 0.337 e. The summed E-state index contributed by atoms with van der Waals surface area (Å²) in [6, 6.07) is 10.4. The predicted molar refractivity (Wildman–Crippen MR) is 96.1 cm³/mol. The lowest BCUT2D eigenvalue weighted by Gasteiger charge is -2.31. The second kappa shape index (κ2) is 8.62. The molecule has 2 heterocycles. The lowest BCUT2D eigenvalue weighted by Crippen LogP contribution is -2.45. The van der Waals surface area contributed by atoms with Crippen LogP contribution in [0.2, 0.25) is 0 Å². The number of hydrogen-bond acceptors (Lipinski definition) is 4. The summed E-state index contributed by atoms with van der Waals surface area (Å²) in [6.45, 7) is 3.90. The number of nitrogens with one attached hydrogen (secondary N) is 2. The summed E-state index contributed by atoms with van der Waals surface area (Å²) in [5, 5.41) is 9.86. The van der Waals surface area contributed by atoms with Crippen molar-refractivity contribution in [1.29, 1.82) is 0 Å². The van der Waals surface area contributed by atoms with Gasteiger partial charge in [0.1, 0.15) is 12.2 Å². The number of hydrogen-bond donors (Lipinski definition) is 2. The highest BCUT2D eigenvalue weighted by Crippen LogP contribution is 2.24. The van der Waals surface area contributed by atoms with Crippen LogP contribution in [0, 0.1) is 0 Å². The van der Waals surface area contributed by atoms with Crippen LogP contribution in [0.4, 0.5) is 4.79 Å². The molecule has 134 valence electrons. The molecule has 2 amide bonds. The first-order valence-electron chi connectivity index (χ1n) is 8.83. The Labute approximate surface area is 148 Å². The van der Waals surface area contributed by atoms with Gasteiger partial charge in [0.25, 0.3) is 0 Å². The van der Waals surface area contributed by atoms with Crippen molar-refractivity contribution in [2.75, 3.05) is 33.2 Å². The van der Waals surface area contributed by atoms with Crippen LogP contribution in [0.1, 0.15) is 30.1 Å². The minimum Gasteiger partial charge on any atom is -0.337 e. The Kier molecular flexibility index (Phi) is 6.00. The average molecular weight is 342 g/mol. The molecule has 0 aliphatic carbocycles. The molecular weight excluding hydrogens is 316 g/mol. The molecular formula is C18H26N6O. The van der Waals surface area contributed by atoms with Crippen LogP contribution in [0.5, 0.6) is 0 Å². The van der Waals surface area contributed by atoms with Crippen molar-refractivity contribution < 1.29 is 4.79 Å². The van der Waals surface area contributed by atoms with Crippen molar-refractivity contribution in [2.24, 2.45) is 0 Å². The lowest BCUT2D eigenvalue weighted by atomic mass is 9.96. The number of carbonyl (C=O) groups is 1. The molecule has 0 bridgehead atoms. The van der Waals surface area contributed by atoms with Gasteiger partial charge in [-0.1, -0.05) is 30.3 Å². The van der Waals surface area contributed by atoms with Gasteiger partial charge in [0.05, 0.1) is 0 Å². The van der Waals surface area contributed by atoms with E-state index in [0.717, 1.165) is 44.8 Å². The Hall–Kier alpha value is -2.41. The van der Waals surface area contributed by atoms with Crippen molar-refractivity contribution in [3.8, 4) is 0 Å². The molecule has 7 heteroatoms. The number of urea groups is 1. The van der Waals surface area contributed by atoms with Crippen LogP contribution in [0.3, 0.4) is 0 Å². The maximum atomic E-state index is 12.3. The van der Waals surface area contributed by atoms with Crippen molar-refractivity contribution in [1.82, 2.24) is 30.3 Å². The van der Waals surface area contributed by atoms with E-state index >= 15 is 0 Å². The number of carbonyl (C=O) groups excluding carboxylic acids is 1. The van der Waals surface area contributed by atoms with Crippen molar-refractivity contribution in [3.05, 3.63) is 48.0 Å². The number of aromatic nitrogens is 3. The summed E-state index contributed by atoms with van der Waals surface area (Å²) < 4.78 is 0. The van der Waals surface area contributed by atoms with E-state index in [1.165, 1.54) is 5.56 Å². The van der Waals surface area contributed by atoms with Crippen LogP contribution in [0.25, 0.3) is 0 Å². The molecule has 1 aliphatic rings. The predicted octanol–water partition coefficient (Wildman–Crippen LogP) is 1.83. The van der Waals surface area contributed by atoms with Crippen LogP contribution in [0.15, 0.2) is 36.7 Å². The minimum absolute atomic E-state index is 0.0316. The molecule has 3 rings (SSSR count). The molecule has 2 N–H and O–H groups in total. The summed E-state index contributed by atoms with van der Waals surface area (Å²) in [6.07, 6.45) is 3.40. The first-order chi connectivity index (χ1) is 12.2. The quantitative estimate of drug-likeness (QED) is 0.839. The third kappa shape index (κ3) is 5.03. The molecule has 7 nitrogen and oxygen atoms in total. The number of rotatable bonds is 6. The second-order valence-corrected chi connectivity index (χ2v) is 6.59. The number of piperidine rings is 1. The highest BCUT2D eigenvalue weighted by Gasteiger charge is 2.25. The van der Waals surface area contributed by atoms with E-state index in [-0.39, 0.29) is 6.03 Å². The van der Waals surface area contributed by atoms with Gasteiger partial charge in [-0.2, -0.15) is 5.10 Å². The van der Waals surface area contributed by atoms with Crippen molar-refractivity contribution in [3.63, 3.8) is 0 Å². The molecule has 0 spiro atoms. The molecule has 1 saturated heterocycles. The highest BCUT2D eigenvalue weighted by atomic mass is 16.2. The topological polar surface area (TPSA) is 77.2 Å². The Balaban J connectivity index is 1.34. The van der Waals surface area contributed by atoms with Gasteiger partial charge in [-0.3, -0.25) is 5.10 Å². The van der Waals surface area contributed by atoms with Gasteiger partial charge in [-0.25, -0.2) is 9.78 Å². The summed E-state index contributed by atoms with van der Waals surface area (Å²) >= 11 is 0. The Morgan fingerprint density at radius 3 is 2.76 bits per heavy atom. The number of H-pyrrole nitrogens is 1. The number of amides is 2. The molecule has 0 saturated carbocycles. The molecule has 25 heavy (non-hydrogen) atoms. The average Bonchev–Trinajstić information content (AvgIpc) is 3.17. The summed E-state index contributed by atoms with van der Waals surface area (Å²) in [4.78, 5) is 20.6. The van der Waals surface area contributed by atoms with Gasteiger partial charge in [0, 0.05) is 38.6 Å². The third-order valence-electron chi connectivity index (χ3n) is 4.67. The second-order valence-electron chi connectivity index (χ2n) is 6.59. The van der Waals surface area contributed by atoms with E-state index < -0.39 is 0 Å². The summed E-state index contributed by atoms with van der Waals surface area (Å²) in [7, 11) is 2.07. The van der Waals surface area contributed by atoms with Crippen molar-refractivity contribution in [2.45, 2.75) is 25.3 Å². The van der Waals surface area contributed by atoms with Gasteiger partial charge in [0.15, 0.2) is 0 Å². The molecule has 0 unspecified atom stereocenters. The summed E-state index contributed by atoms with van der Waals surface area (Å²) in [5.74, 6) is 1.31. The minimum atomic E-state index is 0.0316. The van der Waals surface area contributed by atoms with E-state index in [2.05, 4.69) is 44.6 Å². The van der Waals surface area contributed by atoms with Gasteiger partial charge < -0.3 is 15.1 Å². The lowest BCUT2D eigenvalue weighted by molar-refractivity contribution is 0.179. The van der Waals surface area contributed by atoms with E-state index in [4.69, 9.17) is 0 Å². The number of likely N-dealkylation sites (tertiary alicyclic amines) is 1. The van der Waals surface area contributed by atoms with Crippen LogP contribution in [-0.4, -0.2) is 64.2 Å². The highest BCUT2D eigenvalue weighted by molar-refractivity contribution is 5.74. The number of likely N-dealkylation sites (N-methyl/N-ethyl adjacent to an activating group) is 1. The van der Waals surface area contributed by atoms with Crippen LogP contribution < -0.4 is 5.32 Å². The standard InChI is InChI=1S/C18H26N6O/c1-23(13-15-5-3-2-4-6-15)12-9-19-18(25)24-10-7-16(8-11-24)17-20-14-21-22-17/h2-6,14,16H,7-13H2,1H3,(H,19,25)(H,20,21,22).